The molecule has 0 aliphatic heterocycles. The lowest BCUT2D eigenvalue weighted by atomic mass is 10.4. The number of nitrogens with two attached hydrogens (primary N) is 1. The van der Waals surface area contributed by atoms with Crippen molar-refractivity contribution in [2.45, 2.75) is 13.0 Å². The van der Waals surface area contributed by atoms with Crippen LogP contribution in [0.25, 0.3) is 0 Å². The quantitative estimate of drug-likeness (QED) is 0.504. The first-order valence-corrected chi connectivity index (χ1v) is 4.76. The van der Waals surface area contributed by atoms with Gasteiger partial charge in [0.25, 0.3) is 0 Å². The van der Waals surface area contributed by atoms with Gasteiger partial charge in [0.2, 0.25) is 0 Å². The number of hydrogen-bond donors (Lipinski definition) is 1. The molecule has 0 spiro atoms. The Hall–Kier alpha value is -0.660. The normalized spacial score (nSPS) is 14.7. The third kappa shape index (κ3) is 3.16. The highest BCUT2D eigenvalue weighted by Crippen LogP contribution is 1.80. The lowest BCUT2D eigenvalue weighted by Crippen LogP contribution is -2.96. The van der Waals surface area contributed by atoms with Gasteiger partial charge >= 0.3 is 10.2 Å². The SMILES string of the molecule is C[C@@H]([NH2+]S(=O)(=O)N(C)C)C(=O)[O-]. The fourth-order valence-corrected chi connectivity index (χ4v) is 1.31. The molecule has 0 aliphatic carbocycles. The van der Waals surface area contributed by atoms with Gasteiger partial charge in [-0.05, 0) is 6.92 Å². The van der Waals surface area contributed by atoms with Crippen LogP contribution in [0, 0.1) is 0 Å². The van der Waals surface area contributed by atoms with Crippen molar-refractivity contribution in [2.75, 3.05) is 14.1 Å². The zero-order chi connectivity index (χ0) is 9.94. The van der Waals surface area contributed by atoms with Crippen molar-refractivity contribution < 1.29 is 23.0 Å². The van der Waals surface area contributed by atoms with Gasteiger partial charge in [0, 0.05) is 14.1 Å². The van der Waals surface area contributed by atoms with Gasteiger partial charge in [-0.2, -0.15) is 12.7 Å². The van der Waals surface area contributed by atoms with Crippen LogP contribution < -0.4 is 9.83 Å². The Kier molecular flexibility index (Phi) is 3.62. The first kappa shape index (κ1) is 11.3. The van der Waals surface area contributed by atoms with Crippen molar-refractivity contribution >= 4 is 16.2 Å². The van der Waals surface area contributed by atoms with Gasteiger partial charge in [0.05, 0.1) is 0 Å². The van der Waals surface area contributed by atoms with Crippen molar-refractivity contribution in [3.63, 3.8) is 0 Å². The number of carboxylic acids is 1. The van der Waals surface area contributed by atoms with Crippen LogP contribution in [0.2, 0.25) is 0 Å². The number of carbonyl (C=O) groups excluding carboxylic acids is 1. The van der Waals surface area contributed by atoms with Gasteiger partial charge < -0.3 is 9.90 Å². The van der Waals surface area contributed by atoms with Crippen molar-refractivity contribution in [3.05, 3.63) is 0 Å². The van der Waals surface area contributed by atoms with Crippen LogP contribution in [0.3, 0.4) is 0 Å². The summed E-state index contributed by atoms with van der Waals surface area (Å²) in [6, 6.07) is -1.10. The molecular formula is C5H12N2O4S. The molecule has 72 valence electrons. The van der Waals surface area contributed by atoms with Crippen molar-refractivity contribution in [3.8, 4) is 0 Å². The summed E-state index contributed by atoms with van der Waals surface area (Å²) in [5, 5.41) is 10.2. The van der Waals surface area contributed by atoms with Gasteiger partial charge in [-0.1, -0.05) is 0 Å². The lowest BCUT2D eigenvalue weighted by Gasteiger charge is -2.14. The molecule has 0 saturated heterocycles. The van der Waals surface area contributed by atoms with E-state index in [0.717, 1.165) is 9.03 Å². The van der Waals surface area contributed by atoms with E-state index in [0.29, 0.717) is 0 Å². The maximum atomic E-state index is 11.0. The minimum absolute atomic E-state index is 0.738. The average molecular weight is 196 g/mol. The molecule has 12 heavy (non-hydrogen) atoms. The van der Waals surface area contributed by atoms with E-state index in [1.54, 1.807) is 0 Å². The molecule has 6 nitrogen and oxygen atoms in total. The second-order valence-corrected chi connectivity index (χ2v) is 4.60. The molecule has 0 fully saturated rings. The third-order valence-corrected chi connectivity index (χ3v) is 3.03. The fourth-order valence-electron chi connectivity index (χ4n) is 0.435. The summed E-state index contributed by atoms with van der Waals surface area (Å²) in [6.45, 7) is 1.25. The van der Waals surface area contributed by atoms with E-state index in [9.17, 15) is 18.3 Å². The highest BCUT2D eigenvalue weighted by molar-refractivity contribution is 7.82. The number of quaternary nitrogens is 1. The number of carbonyl (C=O) groups is 1. The molecule has 7 heteroatoms. The summed E-state index contributed by atoms with van der Waals surface area (Å²) in [5.74, 6) is -1.40. The van der Waals surface area contributed by atoms with Crippen LogP contribution in [0.5, 0.6) is 0 Å². The van der Waals surface area contributed by atoms with Crippen LogP contribution in [0.1, 0.15) is 6.92 Å². The molecule has 0 aromatic carbocycles. The van der Waals surface area contributed by atoms with Crippen molar-refractivity contribution in [2.24, 2.45) is 0 Å². The van der Waals surface area contributed by atoms with E-state index in [2.05, 4.69) is 0 Å². The summed E-state index contributed by atoms with van der Waals surface area (Å²) in [5.41, 5.74) is 0. The maximum Gasteiger partial charge on any atom is 0.369 e. The Balaban J connectivity index is 4.37. The second kappa shape index (κ2) is 3.83. The fraction of sp³-hybridized carbons (Fsp3) is 0.800. The van der Waals surface area contributed by atoms with E-state index in [1.807, 2.05) is 0 Å². The highest BCUT2D eigenvalue weighted by Gasteiger charge is 2.21. The Morgan fingerprint density at radius 3 is 2.17 bits per heavy atom. The number of hydrogen-bond acceptors (Lipinski definition) is 4. The molecular weight excluding hydrogens is 184 g/mol. The Labute approximate surface area is 71.4 Å². The summed E-state index contributed by atoms with van der Waals surface area (Å²) in [4.78, 5) is 10.2. The molecule has 0 aromatic heterocycles. The molecule has 0 amide bonds. The highest BCUT2D eigenvalue weighted by atomic mass is 32.2. The maximum absolute atomic E-state index is 11.0. The molecule has 1 atom stereocenters. The van der Waals surface area contributed by atoms with E-state index in [-0.39, 0.29) is 0 Å². The molecule has 0 aliphatic rings. The average Bonchev–Trinajstić information content (AvgIpc) is 1.85. The standard InChI is InChI=1S/C5H12N2O4S/c1-4(5(8)9)6-12(10,11)7(2)3/h4,6H,1-3H3,(H,8,9)/t4-/m1/s1. The molecule has 0 rings (SSSR count). The van der Waals surface area contributed by atoms with Crippen LogP contribution in [-0.2, 0) is 15.0 Å². The number of rotatable bonds is 4. The van der Waals surface area contributed by atoms with Crippen LogP contribution in [0.15, 0.2) is 0 Å². The van der Waals surface area contributed by atoms with Gasteiger partial charge in [-0.15, -0.1) is 0 Å². The number of carboxylic acid groups (broad SMARTS) is 1. The summed E-state index contributed by atoms with van der Waals surface area (Å²) in [6.07, 6.45) is 0. The van der Waals surface area contributed by atoms with Gasteiger partial charge in [-0.25, -0.2) is 4.72 Å². The zero-order valence-electron chi connectivity index (χ0n) is 7.14. The number of aliphatic carboxylic acids is 1. The molecule has 0 heterocycles. The first-order valence-electron chi connectivity index (χ1n) is 3.25. The molecule has 2 N–H and O–H groups in total. The molecule has 0 saturated carbocycles. The van der Waals surface area contributed by atoms with Crippen LogP contribution in [-0.4, -0.2) is 38.8 Å². The third-order valence-electron chi connectivity index (χ3n) is 1.26. The Bertz CT molecular complexity index is 259. The first-order chi connectivity index (χ1) is 5.27. The lowest BCUT2D eigenvalue weighted by molar-refractivity contribution is -0.539. The van der Waals surface area contributed by atoms with E-state index in [4.69, 9.17) is 0 Å². The summed E-state index contributed by atoms with van der Waals surface area (Å²) < 4.78 is 23.7. The molecule has 0 aromatic rings. The van der Waals surface area contributed by atoms with E-state index >= 15 is 0 Å². The summed E-state index contributed by atoms with van der Waals surface area (Å²) in [7, 11) is -0.901. The zero-order valence-corrected chi connectivity index (χ0v) is 7.96. The predicted molar refractivity (Wildman–Crippen MR) is 39.0 cm³/mol. The van der Waals surface area contributed by atoms with Crippen LogP contribution >= 0.6 is 0 Å². The van der Waals surface area contributed by atoms with Crippen molar-refractivity contribution in [1.82, 2.24) is 4.31 Å². The number of nitrogens with zero attached hydrogens (tertiary/aromatic N) is 1. The molecule has 0 radical (unpaired) electrons. The van der Waals surface area contributed by atoms with Gasteiger partial charge in [-0.3, -0.25) is 0 Å². The minimum atomic E-state index is -3.55. The molecule has 0 unspecified atom stereocenters. The topological polar surface area (TPSA) is 94.1 Å². The van der Waals surface area contributed by atoms with E-state index in [1.165, 1.54) is 21.0 Å². The summed E-state index contributed by atoms with van der Waals surface area (Å²) >= 11 is 0. The van der Waals surface area contributed by atoms with Crippen molar-refractivity contribution in [1.29, 1.82) is 0 Å². The molecule has 0 bridgehead atoms. The Morgan fingerprint density at radius 1 is 1.50 bits per heavy atom. The predicted octanol–water partition coefficient (Wildman–Crippen LogP) is -3.51. The van der Waals surface area contributed by atoms with Gasteiger partial charge in [0.15, 0.2) is 0 Å². The largest absolute Gasteiger partial charge is 0.544 e. The van der Waals surface area contributed by atoms with Crippen LogP contribution in [0.4, 0.5) is 0 Å². The van der Waals surface area contributed by atoms with E-state index < -0.39 is 22.2 Å². The smallest absolute Gasteiger partial charge is 0.369 e. The van der Waals surface area contributed by atoms with Gasteiger partial charge in [0.1, 0.15) is 12.0 Å². The monoisotopic (exact) mass is 196 g/mol. The Morgan fingerprint density at radius 2 is 1.92 bits per heavy atom. The minimum Gasteiger partial charge on any atom is -0.544 e. The second-order valence-electron chi connectivity index (χ2n) is 2.57.